The Labute approximate surface area is 160 Å². The Morgan fingerprint density at radius 1 is 1.11 bits per heavy atom. The van der Waals surface area contributed by atoms with Crippen molar-refractivity contribution < 1.29 is 14.4 Å². The van der Waals surface area contributed by atoms with Gasteiger partial charge in [-0.1, -0.05) is 50.3 Å². The molecule has 0 saturated carbocycles. The molecule has 1 fully saturated rings. The summed E-state index contributed by atoms with van der Waals surface area (Å²) in [5.41, 5.74) is 2.13. The van der Waals surface area contributed by atoms with E-state index in [1.165, 1.54) is 4.90 Å². The summed E-state index contributed by atoms with van der Waals surface area (Å²) in [6.07, 6.45) is 5.58. The number of amides is 3. The molecule has 1 aromatic rings. The van der Waals surface area contributed by atoms with Gasteiger partial charge in [0.15, 0.2) is 0 Å². The molecule has 2 aliphatic rings. The van der Waals surface area contributed by atoms with E-state index in [1.807, 2.05) is 57.2 Å². The number of carbonyl (C=O) groups is 3. The summed E-state index contributed by atoms with van der Waals surface area (Å²) in [5.74, 6) is -1.04. The Bertz CT molecular complexity index is 743. The molecule has 1 saturated heterocycles. The molecule has 1 aromatic carbocycles. The second-order valence-corrected chi connectivity index (χ2v) is 7.99. The smallest absolute Gasteiger partial charge is 0.243 e. The second-order valence-electron chi connectivity index (χ2n) is 7.99. The summed E-state index contributed by atoms with van der Waals surface area (Å²) in [6.45, 7) is 6.39. The maximum Gasteiger partial charge on any atom is 0.243 e. The number of rotatable bonds is 6. The molecular weight excluding hydrogens is 340 g/mol. The zero-order valence-corrected chi connectivity index (χ0v) is 16.3. The van der Waals surface area contributed by atoms with E-state index >= 15 is 0 Å². The monoisotopic (exact) mass is 368 g/mol. The molecule has 5 heteroatoms. The van der Waals surface area contributed by atoms with Crippen LogP contribution in [0, 0.1) is 24.7 Å². The highest BCUT2D eigenvalue weighted by molar-refractivity contribution is 6.08. The van der Waals surface area contributed by atoms with Crippen molar-refractivity contribution in [2.75, 3.05) is 0 Å². The number of likely N-dealkylation sites (tertiary alicyclic amines) is 1. The first-order valence-corrected chi connectivity index (χ1v) is 9.74. The maximum absolute atomic E-state index is 13.0. The van der Waals surface area contributed by atoms with Crippen molar-refractivity contribution in [2.24, 2.45) is 17.8 Å². The van der Waals surface area contributed by atoms with E-state index in [2.05, 4.69) is 5.32 Å². The molecule has 3 atom stereocenters. The molecule has 0 bridgehead atoms. The summed E-state index contributed by atoms with van der Waals surface area (Å²) in [4.78, 5) is 40.0. The predicted octanol–water partition coefficient (Wildman–Crippen LogP) is 2.98. The number of hydrogen-bond donors (Lipinski definition) is 1. The molecule has 0 radical (unpaired) electrons. The average Bonchev–Trinajstić information content (AvgIpc) is 2.90. The Morgan fingerprint density at radius 3 is 2.26 bits per heavy atom. The molecule has 3 unspecified atom stereocenters. The molecule has 1 heterocycles. The van der Waals surface area contributed by atoms with E-state index in [1.54, 1.807) is 0 Å². The van der Waals surface area contributed by atoms with E-state index in [4.69, 9.17) is 0 Å². The van der Waals surface area contributed by atoms with Crippen LogP contribution in [0.1, 0.15) is 44.2 Å². The number of benzene rings is 1. The number of fused-ring (bicyclic) bond motifs is 1. The number of imide groups is 1. The van der Waals surface area contributed by atoms with Crippen molar-refractivity contribution in [3.63, 3.8) is 0 Å². The highest BCUT2D eigenvalue weighted by Gasteiger charge is 2.51. The Balaban J connectivity index is 1.77. The lowest BCUT2D eigenvalue weighted by atomic mass is 9.85. The van der Waals surface area contributed by atoms with Crippen LogP contribution in [0.15, 0.2) is 36.4 Å². The third-order valence-corrected chi connectivity index (χ3v) is 5.56. The van der Waals surface area contributed by atoms with E-state index < -0.39 is 6.04 Å². The first-order chi connectivity index (χ1) is 12.9. The van der Waals surface area contributed by atoms with Crippen LogP contribution in [0.3, 0.4) is 0 Å². The molecule has 3 amide bonds. The molecule has 1 aliphatic heterocycles. The first-order valence-electron chi connectivity index (χ1n) is 9.74. The van der Waals surface area contributed by atoms with Crippen molar-refractivity contribution in [2.45, 2.75) is 52.6 Å². The Kier molecular flexibility index (Phi) is 5.78. The van der Waals surface area contributed by atoms with Crippen LogP contribution < -0.4 is 5.32 Å². The third kappa shape index (κ3) is 3.97. The van der Waals surface area contributed by atoms with Gasteiger partial charge < -0.3 is 5.32 Å². The van der Waals surface area contributed by atoms with Crippen LogP contribution in [0.2, 0.25) is 0 Å². The van der Waals surface area contributed by atoms with Crippen molar-refractivity contribution in [3.8, 4) is 0 Å². The number of aryl methyl sites for hydroxylation is 1. The maximum atomic E-state index is 13.0. The van der Waals surface area contributed by atoms with Gasteiger partial charge in [0, 0.05) is 6.54 Å². The highest BCUT2D eigenvalue weighted by atomic mass is 16.2. The van der Waals surface area contributed by atoms with Gasteiger partial charge in [-0.3, -0.25) is 19.3 Å². The van der Waals surface area contributed by atoms with Gasteiger partial charge in [0.25, 0.3) is 0 Å². The molecule has 0 spiro atoms. The van der Waals surface area contributed by atoms with Crippen LogP contribution >= 0.6 is 0 Å². The van der Waals surface area contributed by atoms with Crippen LogP contribution in [-0.4, -0.2) is 28.7 Å². The fourth-order valence-corrected chi connectivity index (χ4v) is 4.02. The summed E-state index contributed by atoms with van der Waals surface area (Å²) in [7, 11) is 0. The van der Waals surface area contributed by atoms with Gasteiger partial charge in [-0.2, -0.15) is 0 Å². The zero-order chi connectivity index (χ0) is 19.6. The van der Waals surface area contributed by atoms with Crippen LogP contribution in [0.4, 0.5) is 0 Å². The van der Waals surface area contributed by atoms with Crippen molar-refractivity contribution in [3.05, 3.63) is 47.5 Å². The topological polar surface area (TPSA) is 66.5 Å². The van der Waals surface area contributed by atoms with Gasteiger partial charge in [-0.05, 0) is 43.2 Å². The number of nitrogens with zero attached hydrogens (tertiary/aromatic N) is 1. The van der Waals surface area contributed by atoms with E-state index in [0.29, 0.717) is 25.8 Å². The highest BCUT2D eigenvalue weighted by Crippen LogP contribution is 2.37. The van der Waals surface area contributed by atoms with Gasteiger partial charge in [0.05, 0.1) is 11.8 Å². The molecule has 5 nitrogen and oxygen atoms in total. The van der Waals surface area contributed by atoms with Crippen molar-refractivity contribution in [1.82, 2.24) is 10.2 Å². The van der Waals surface area contributed by atoms with Gasteiger partial charge in [0.2, 0.25) is 17.7 Å². The summed E-state index contributed by atoms with van der Waals surface area (Å²) in [5, 5.41) is 2.94. The SMILES string of the molecule is Cc1ccccc1CNC(=O)C(CC(C)C)N1C(=O)C2CC=CCC2C1=O. The van der Waals surface area contributed by atoms with Crippen LogP contribution in [0.5, 0.6) is 0 Å². The van der Waals surface area contributed by atoms with E-state index in [0.717, 1.165) is 11.1 Å². The predicted molar refractivity (Wildman–Crippen MR) is 103 cm³/mol. The van der Waals surface area contributed by atoms with Gasteiger partial charge in [0.1, 0.15) is 6.04 Å². The molecule has 27 heavy (non-hydrogen) atoms. The zero-order valence-electron chi connectivity index (χ0n) is 16.3. The number of hydrogen-bond acceptors (Lipinski definition) is 3. The van der Waals surface area contributed by atoms with Gasteiger partial charge in [-0.25, -0.2) is 0 Å². The Hall–Kier alpha value is -2.43. The van der Waals surface area contributed by atoms with Crippen molar-refractivity contribution in [1.29, 1.82) is 0 Å². The third-order valence-electron chi connectivity index (χ3n) is 5.56. The van der Waals surface area contributed by atoms with Crippen molar-refractivity contribution >= 4 is 17.7 Å². The molecule has 0 aromatic heterocycles. The molecule has 1 N–H and O–H groups in total. The summed E-state index contributed by atoms with van der Waals surface area (Å²) in [6, 6.07) is 7.13. The molecule has 144 valence electrons. The number of nitrogens with one attached hydrogen (secondary N) is 1. The average molecular weight is 368 g/mol. The lowest BCUT2D eigenvalue weighted by molar-refractivity contribution is -0.148. The minimum atomic E-state index is -0.736. The summed E-state index contributed by atoms with van der Waals surface area (Å²) >= 11 is 0. The fourth-order valence-electron chi connectivity index (χ4n) is 4.02. The van der Waals surface area contributed by atoms with E-state index in [9.17, 15) is 14.4 Å². The van der Waals surface area contributed by atoms with Crippen LogP contribution in [0.25, 0.3) is 0 Å². The quantitative estimate of drug-likeness (QED) is 0.620. The number of allylic oxidation sites excluding steroid dienone is 2. The minimum absolute atomic E-state index is 0.189. The normalized spacial score (nSPS) is 22.9. The van der Waals surface area contributed by atoms with Crippen LogP contribution in [-0.2, 0) is 20.9 Å². The lowest BCUT2D eigenvalue weighted by Crippen LogP contribution is -2.50. The molecular formula is C22H28N2O3. The second kappa shape index (κ2) is 8.07. The summed E-state index contributed by atoms with van der Waals surface area (Å²) < 4.78 is 0. The lowest BCUT2D eigenvalue weighted by Gasteiger charge is -2.27. The fraction of sp³-hybridized carbons (Fsp3) is 0.500. The first kappa shape index (κ1) is 19.3. The minimum Gasteiger partial charge on any atom is -0.350 e. The standard InChI is InChI=1S/C22H28N2O3/c1-14(2)12-19(20(25)23-13-16-9-5-4-8-15(16)3)24-21(26)17-10-6-7-11-18(17)22(24)27/h4-9,14,17-19H,10-13H2,1-3H3,(H,23,25). The Morgan fingerprint density at radius 2 is 1.70 bits per heavy atom. The van der Waals surface area contributed by atoms with Gasteiger partial charge in [-0.15, -0.1) is 0 Å². The molecule has 1 aliphatic carbocycles. The number of carbonyl (C=O) groups excluding carboxylic acids is 3. The molecule has 3 rings (SSSR count). The van der Waals surface area contributed by atoms with E-state index in [-0.39, 0.29) is 35.5 Å². The largest absolute Gasteiger partial charge is 0.350 e. The van der Waals surface area contributed by atoms with Gasteiger partial charge >= 0.3 is 0 Å².